The molecular formula is C15H20N2OS. The van der Waals surface area contributed by atoms with Gasteiger partial charge in [0.05, 0.1) is 17.6 Å². The van der Waals surface area contributed by atoms with Crippen molar-refractivity contribution in [2.75, 3.05) is 19.7 Å². The van der Waals surface area contributed by atoms with Gasteiger partial charge in [-0.05, 0) is 25.5 Å². The molecule has 0 amide bonds. The fraction of sp³-hybridized carbons (Fsp3) is 0.533. The molecule has 0 saturated carbocycles. The summed E-state index contributed by atoms with van der Waals surface area (Å²) < 4.78 is 5.76. The molecule has 2 atom stereocenters. The van der Waals surface area contributed by atoms with Crippen LogP contribution in [0.1, 0.15) is 30.7 Å². The number of nitrogens with zero attached hydrogens (tertiary/aromatic N) is 1. The van der Waals surface area contributed by atoms with Gasteiger partial charge in [-0.3, -0.25) is 4.90 Å². The number of para-hydroxylation sites is 1. The van der Waals surface area contributed by atoms with Crippen LogP contribution in [0.5, 0.6) is 5.75 Å². The molecule has 2 heterocycles. The number of ether oxygens (including phenoxy) is 1. The average molecular weight is 276 g/mol. The van der Waals surface area contributed by atoms with E-state index >= 15 is 0 Å². The standard InChI is InChI=1S/C15H20N2OS/c16-15(19)13-6-3-4-8-17(13)9-11-10-18-14-7-2-1-5-12(11)14/h1-2,5,7,11,13H,3-4,6,8-10H2,(H2,16,19). The number of nitrogens with two attached hydrogens (primary N) is 1. The summed E-state index contributed by atoms with van der Waals surface area (Å²) >= 11 is 5.22. The maximum Gasteiger partial charge on any atom is 0.122 e. The van der Waals surface area contributed by atoms with Gasteiger partial charge in [0.15, 0.2) is 0 Å². The minimum atomic E-state index is 0.275. The average Bonchev–Trinajstić information content (AvgIpc) is 2.83. The predicted molar refractivity (Wildman–Crippen MR) is 80.7 cm³/mol. The molecule has 3 rings (SSSR count). The van der Waals surface area contributed by atoms with E-state index in [0.717, 1.165) is 31.9 Å². The van der Waals surface area contributed by atoms with E-state index in [1.54, 1.807) is 0 Å². The Hall–Kier alpha value is -1.13. The van der Waals surface area contributed by atoms with Crippen molar-refractivity contribution in [2.45, 2.75) is 31.2 Å². The summed E-state index contributed by atoms with van der Waals surface area (Å²) in [6.07, 6.45) is 3.58. The third-order valence-corrected chi connectivity index (χ3v) is 4.47. The zero-order valence-corrected chi connectivity index (χ0v) is 11.9. The summed E-state index contributed by atoms with van der Waals surface area (Å²) in [6.45, 7) is 2.87. The van der Waals surface area contributed by atoms with E-state index in [2.05, 4.69) is 23.1 Å². The quantitative estimate of drug-likeness (QED) is 0.860. The van der Waals surface area contributed by atoms with Crippen LogP contribution in [-0.2, 0) is 0 Å². The van der Waals surface area contributed by atoms with Gasteiger partial charge < -0.3 is 10.5 Å². The lowest BCUT2D eigenvalue weighted by molar-refractivity contribution is 0.172. The van der Waals surface area contributed by atoms with Crippen LogP contribution in [0, 0.1) is 0 Å². The lowest BCUT2D eigenvalue weighted by Gasteiger charge is -2.36. The molecule has 1 fully saturated rings. The van der Waals surface area contributed by atoms with Crippen molar-refractivity contribution in [3.63, 3.8) is 0 Å². The highest BCUT2D eigenvalue weighted by molar-refractivity contribution is 7.80. The van der Waals surface area contributed by atoms with Crippen LogP contribution in [0.4, 0.5) is 0 Å². The van der Waals surface area contributed by atoms with Gasteiger partial charge in [0, 0.05) is 18.0 Å². The van der Waals surface area contributed by atoms with E-state index in [1.165, 1.54) is 18.4 Å². The van der Waals surface area contributed by atoms with Crippen LogP contribution in [0.15, 0.2) is 24.3 Å². The largest absolute Gasteiger partial charge is 0.493 e. The Bertz CT molecular complexity index is 477. The fourth-order valence-corrected chi connectivity index (χ4v) is 3.46. The van der Waals surface area contributed by atoms with Crippen LogP contribution in [0.25, 0.3) is 0 Å². The van der Waals surface area contributed by atoms with Gasteiger partial charge >= 0.3 is 0 Å². The molecule has 102 valence electrons. The number of fused-ring (bicyclic) bond motifs is 1. The zero-order valence-electron chi connectivity index (χ0n) is 11.0. The summed E-state index contributed by atoms with van der Waals surface area (Å²) in [5, 5.41) is 0. The van der Waals surface area contributed by atoms with Crippen LogP contribution in [-0.4, -0.2) is 35.6 Å². The number of hydrogen-bond donors (Lipinski definition) is 1. The molecule has 0 aliphatic carbocycles. The highest BCUT2D eigenvalue weighted by Crippen LogP contribution is 2.35. The summed E-state index contributed by atoms with van der Waals surface area (Å²) in [6, 6.07) is 8.61. The molecule has 0 spiro atoms. The van der Waals surface area contributed by atoms with E-state index in [4.69, 9.17) is 22.7 Å². The van der Waals surface area contributed by atoms with Gasteiger partial charge in [0.25, 0.3) is 0 Å². The van der Waals surface area contributed by atoms with Gasteiger partial charge in [-0.2, -0.15) is 0 Å². The van der Waals surface area contributed by atoms with E-state index in [-0.39, 0.29) is 6.04 Å². The molecular weight excluding hydrogens is 256 g/mol. The molecule has 1 aromatic rings. The van der Waals surface area contributed by atoms with Crippen LogP contribution in [0.3, 0.4) is 0 Å². The molecule has 2 unspecified atom stereocenters. The summed E-state index contributed by atoms with van der Waals surface area (Å²) in [5.41, 5.74) is 7.21. The van der Waals surface area contributed by atoms with Gasteiger partial charge in [-0.25, -0.2) is 0 Å². The van der Waals surface area contributed by atoms with Crippen molar-refractivity contribution in [3.8, 4) is 5.75 Å². The van der Waals surface area contributed by atoms with Crippen molar-refractivity contribution >= 4 is 17.2 Å². The predicted octanol–water partition coefficient (Wildman–Crippen LogP) is 2.30. The Morgan fingerprint density at radius 2 is 2.21 bits per heavy atom. The monoisotopic (exact) mass is 276 g/mol. The topological polar surface area (TPSA) is 38.5 Å². The van der Waals surface area contributed by atoms with Crippen LogP contribution in [0.2, 0.25) is 0 Å². The van der Waals surface area contributed by atoms with Crippen molar-refractivity contribution in [1.82, 2.24) is 4.90 Å². The van der Waals surface area contributed by atoms with Crippen LogP contribution >= 0.6 is 12.2 Å². The molecule has 1 aromatic carbocycles. The molecule has 1 saturated heterocycles. The Morgan fingerprint density at radius 1 is 1.37 bits per heavy atom. The lowest BCUT2D eigenvalue weighted by atomic mass is 9.96. The third-order valence-electron chi connectivity index (χ3n) is 4.20. The summed E-state index contributed by atoms with van der Waals surface area (Å²) in [5.74, 6) is 1.49. The first-order valence-corrected chi connectivity index (χ1v) is 7.41. The SMILES string of the molecule is NC(=S)C1CCCCN1CC1COc2ccccc21. The van der Waals surface area contributed by atoms with Crippen molar-refractivity contribution in [3.05, 3.63) is 29.8 Å². The number of benzene rings is 1. The fourth-order valence-electron chi connectivity index (χ4n) is 3.20. The Morgan fingerprint density at radius 3 is 3.05 bits per heavy atom. The molecule has 2 aliphatic rings. The minimum Gasteiger partial charge on any atom is -0.493 e. The smallest absolute Gasteiger partial charge is 0.122 e. The summed E-state index contributed by atoms with van der Waals surface area (Å²) in [7, 11) is 0. The minimum absolute atomic E-state index is 0.275. The number of thiocarbonyl (C=S) groups is 1. The van der Waals surface area contributed by atoms with E-state index in [1.807, 2.05) is 6.07 Å². The van der Waals surface area contributed by atoms with Crippen LogP contribution < -0.4 is 10.5 Å². The first-order valence-electron chi connectivity index (χ1n) is 7.01. The number of hydrogen-bond acceptors (Lipinski definition) is 3. The third kappa shape index (κ3) is 2.60. The molecule has 0 bridgehead atoms. The second-order valence-electron chi connectivity index (χ2n) is 5.45. The molecule has 0 radical (unpaired) electrons. The molecule has 4 heteroatoms. The maximum absolute atomic E-state index is 5.88. The Labute approximate surface area is 119 Å². The molecule has 3 nitrogen and oxygen atoms in total. The summed E-state index contributed by atoms with van der Waals surface area (Å²) in [4.78, 5) is 3.09. The van der Waals surface area contributed by atoms with Gasteiger partial charge in [-0.1, -0.05) is 36.8 Å². The zero-order chi connectivity index (χ0) is 13.2. The number of rotatable bonds is 3. The number of likely N-dealkylation sites (tertiary alicyclic amines) is 1. The van der Waals surface area contributed by atoms with E-state index in [9.17, 15) is 0 Å². The molecule has 2 N–H and O–H groups in total. The molecule has 19 heavy (non-hydrogen) atoms. The van der Waals surface area contributed by atoms with Crippen molar-refractivity contribution in [1.29, 1.82) is 0 Å². The highest BCUT2D eigenvalue weighted by atomic mass is 32.1. The molecule has 2 aliphatic heterocycles. The van der Waals surface area contributed by atoms with Gasteiger partial charge in [0.1, 0.15) is 5.75 Å². The normalized spacial score (nSPS) is 26.7. The Balaban J connectivity index is 1.73. The van der Waals surface area contributed by atoms with E-state index < -0.39 is 0 Å². The van der Waals surface area contributed by atoms with E-state index in [0.29, 0.717) is 10.9 Å². The van der Waals surface area contributed by atoms with Gasteiger partial charge in [0.2, 0.25) is 0 Å². The Kier molecular flexibility index (Phi) is 3.71. The maximum atomic E-state index is 5.88. The highest BCUT2D eigenvalue weighted by Gasteiger charge is 2.30. The second-order valence-corrected chi connectivity index (χ2v) is 5.93. The number of piperidine rings is 1. The first kappa shape index (κ1) is 12.9. The van der Waals surface area contributed by atoms with Crippen molar-refractivity contribution in [2.24, 2.45) is 5.73 Å². The molecule has 0 aromatic heterocycles. The second kappa shape index (κ2) is 5.47. The first-order chi connectivity index (χ1) is 9.25. The lowest BCUT2D eigenvalue weighted by Crippen LogP contribution is -2.48. The van der Waals surface area contributed by atoms with Gasteiger partial charge in [-0.15, -0.1) is 0 Å². The van der Waals surface area contributed by atoms with Crippen molar-refractivity contribution < 1.29 is 4.74 Å².